The molecule has 0 amide bonds. The largest absolute Gasteiger partial charge is 0.478 e. The van der Waals surface area contributed by atoms with Crippen LogP contribution in [0.2, 0.25) is 0 Å². The summed E-state index contributed by atoms with van der Waals surface area (Å²) in [5.41, 5.74) is 1.97. The molecule has 1 fully saturated rings. The molecule has 19 heavy (non-hydrogen) atoms. The van der Waals surface area contributed by atoms with Gasteiger partial charge in [0.25, 0.3) is 0 Å². The Kier molecular flexibility index (Phi) is 4.61. The molecule has 0 saturated carbocycles. The number of hydrogen-bond acceptors (Lipinski definition) is 3. The molecule has 1 atom stereocenters. The lowest BCUT2D eigenvalue weighted by atomic mass is 10.1. The van der Waals surface area contributed by atoms with Crippen LogP contribution in [0.4, 0.5) is 5.69 Å². The number of anilines is 1. The molecule has 1 aromatic carbocycles. The zero-order chi connectivity index (χ0) is 13.8. The third kappa shape index (κ3) is 3.81. The number of benzene rings is 1. The van der Waals surface area contributed by atoms with Crippen LogP contribution in [0.15, 0.2) is 28.7 Å². The number of aliphatic carboxylic acids is 1. The Morgan fingerprint density at radius 3 is 3.00 bits per heavy atom. The zero-order valence-corrected chi connectivity index (χ0v) is 12.3. The van der Waals surface area contributed by atoms with Crippen LogP contribution in [0.1, 0.15) is 12.5 Å². The Hall–Kier alpha value is -1.33. The number of rotatable bonds is 3. The van der Waals surface area contributed by atoms with E-state index in [1.54, 1.807) is 6.08 Å². The molecule has 1 aliphatic heterocycles. The SMILES string of the molecule is CC1CN(c2ccc(/C=C/C(=O)O)cc2Br)CCO1. The van der Waals surface area contributed by atoms with E-state index >= 15 is 0 Å². The maximum Gasteiger partial charge on any atom is 0.328 e. The molecule has 1 aromatic rings. The van der Waals surface area contributed by atoms with Gasteiger partial charge in [-0.25, -0.2) is 4.79 Å². The highest BCUT2D eigenvalue weighted by molar-refractivity contribution is 9.10. The number of carboxylic acid groups (broad SMARTS) is 1. The topological polar surface area (TPSA) is 49.8 Å². The normalized spacial score (nSPS) is 19.9. The average molecular weight is 326 g/mol. The first-order valence-corrected chi connectivity index (χ1v) is 6.92. The van der Waals surface area contributed by atoms with E-state index in [-0.39, 0.29) is 6.10 Å². The van der Waals surface area contributed by atoms with Gasteiger partial charge in [0.1, 0.15) is 0 Å². The summed E-state index contributed by atoms with van der Waals surface area (Å²) in [5, 5.41) is 8.61. The second kappa shape index (κ2) is 6.21. The number of hydrogen-bond donors (Lipinski definition) is 1. The fourth-order valence-corrected chi connectivity index (χ4v) is 2.74. The number of nitrogens with zero attached hydrogens (tertiary/aromatic N) is 1. The summed E-state index contributed by atoms with van der Waals surface area (Å²) in [4.78, 5) is 12.8. The second-order valence-electron chi connectivity index (χ2n) is 4.51. The van der Waals surface area contributed by atoms with Crippen LogP contribution >= 0.6 is 15.9 Å². The highest BCUT2D eigenvalue weighted by Crippen LogP contribution is 2.29. The fourth-order valence-electron chi connectivity index (χ4n) is 2.09. The van der Waals surface area contributed by atoms with Gasteiger partial charge in [-0.3, -0.25) is 0 Å². The maximum absolute atomic E-state index is 10.5. The molecule has 1 N–H and O–H groups in total. The van der Waals surface area contributed by atoms with Crippen LogP contribution < -0.4 is 4.90 Å². The predicted molar refractivity (Wildman–Crippen MR) is 78.4 cm³/mol. The van der Waals surface area contributed by atoms with Gasteiger partial charge in [-0.05, 0) is 46.6 Å². The Balaban J connectivity index is 2.17. The lowest BCUT2D eigenvalue weighted by Gasteiger charge is -2.33. The Morgan fingerprint density at radius 1 is 1.58 bits per heavy atom. The number of carboxylic acids is 1. The maximum atomic E-state index is 10.5. The molecule has 1 unspecified atom stereocenters. The highest BCUT2D eigenvalue weighted by atomic mass is 79.9. The minimum Gasteiger partial charge on any atom is -0.478 e. The molecule has 2 rings (SSSR count). The Bertz CT molecular complexity index is 501. The minimum atomic E-state index is -0.942. The van der Waals surface area contributed by atoms with E-state index in [9.17, 15) is 4.79 Å². The Labute approximate surface area is 120 Å². The van der Waals surface area contributed by atoms with Gasteiger partial charge >= 0.3 is 5.97 Å². The molecule has 1 heterocycles. The van der Waals surface area contributed by atoms with E-state index in [4.69, 9.17) is 9.84 Å². The van der Waals surface area contributed by atoms with E-state index in [1.165, 1.54) is 0 Å². The second-order valence-corrected chi connectivity index (χ2v) is 5.36. The third-order valence-corrected chi connectivity index (χ3v) is 3.61. The van der Waals surface area contributed by atoms with Crippen molar-refractivity contribution in [1.29, 1.82) is 0 Å². The molecular formula is C14H16BrNO3. The van der Waals surface area contributed by atoms with Crippen molar-refractivity contribution < 1.29 is 14.6 Å². The van der Waals surface area contributed by atoms with Crippen molar-refractivity contribution in [2.45, 2.75) is 13.0 Å². The van der Waals surface area contributed by atoms with E-state index in [0.717, 1.165) is 41.5 Å². The van der Waals surface area contributed by atoms with Gasteiger partial charge in [0, 0.05) is 23.6 Å². The molecule has 0 radical (unpaired) electrons. The molecule has 5 heteroatoms. The standard InChI is InChI=1S/C14H16BrNO3/c1-10-9-16(6-7-19-10)13-4-2-11(8-12(13)15)3-5-14(17)18/h2-5,8,10H,6-7,9H2,1H3,(H,17,18)/b5-3+. The van der Waals surface area contributed by atoms with Crippen molar-refractivity contribution in [3.63, 3.8) is 0 Å². The summed E-state index contributed by atoms with van der Waals surface area (Å²) in [5.74, 6) is -0.942. The van der Waals surface area contributed by atoms with Gasteiger partial charge in [-0.1, -0.05) is 6.07 Å². The number of ether oxygens (including phenoxy) is 1. The molecule has 4 nitrogen and oxygen atoms in total. The average Bonchev–Trinajstić information content (AvgIpc) is 2.36. The van der Waals surface area contributed by atoms with Gasteiger partial charge in [0.15, 0.2) is 0 Å². The number of morpholine rings is 1. The van der Waals surface area contributed by atoms with Crippen LogP contribution in [-0.2, 0) is 9.53 Å². The molecule has 0 spiro atoms. The van der Waals surface area contributed by atoms with Gasteiger partial charge < -0.3 is 14.7 Å². The summed E-state index contributed by atoms with van der Waals surface area (Å²) in [7, 11) is 0. The smallest absolute Gasteiger partial charge is 0.328 e. The van der Waals surface area contributed by atoms with Crippen LogP contribution in [0, 0.1) is 0 Å². The van der Waals surface area contributed by atoms with Gasteiger partial charge in [-0.2, -0.15) is 0 Å². The summed E-state index contributed by atoms with van der Waals surface area (Å²) < 4.78 is 6.49. The predicted octanol–water partition coefficient (Wildman–Crippen LogP) is 2.77. The van der Waals surface area contributed by atoms with Crippen LogP contribution in [-0.4, -0.2) is 36.9 Å². The summed E-state index contributed by atoms with van der Waals surface area (Å²) in [6.07, 6.45) is 2.95. The quantitative estimate of drug-likeness (QED) is 0.868. The van der Waals surface area contributed by atoms with Crippen molar-refractivity contribution in [3.05, 3.63) is 34.3 Å². The van der Waals surface area contributed by atoms with E-state index in [1.807, 2.05) is 18.2 Å². The first-order valence-electron chi connectivity index (χ1n) is 6.13. The zero-order valence-electron chi connectivity index (χ0n) is 10.7. The highest BCUT2D eigenvalue weighted by Gasteiger charge is 2.18. The molecule has 0 bridgehead atoms. The van der Waals surface area contributed by atoms with E-state index in [0.29, 0.717) is 0 Å². The molecule has 102 valence electrons. The van der Waals surface area contributed by atoms with Crippen molar-refractivity contribution in [2.24, 2.45) is 0 Å². The molecule has 1 saturated heterocycles. The summed E-state index contributed by atoms with van der Waals surface area (Å²) in [6, 6.07) is 5.85. The van der Waals surface area contributed by atoms with Crippen molar-refractivity contribution in [2.75, 3.05) is 24.6 Å². The van der Waals surface area contributed by atoms with E-state index in [2.05, 4.69) is 27.8 Å². The van der Waals surface area contributed by atoms with Gasteiger partial charge in [-0.15, -0.1) is 0 Å². The third-order valence-electron chi connectivity index (χ3n) is 2.97. The van der Waals surface area contributed by atoms with Crippen LogP contribution in [0.5, 0.6) is 0 Å². The van der Waals surface area contributed by atoms with Crippen LogP contribution in [0.25, 0.3) is 6.08 Å². The van der Waals surface area contributed by atoms with Crippen molar-refractivity contribution >= 4 is 33.7 Å². The molecule has 0 aromatic heterocycles. The number of halogens is 1. The lowest BCUT2D eigenvalue weighted by Crippen LogP contribution is -2.41. The van der Waals surface area contributed by atoms with E-state index < -0.39 is 5.97 Å². The fraction of sp³-hybridized carbons (Fsp3) is 0.357. The van der Waals surface area contributed by atoms with Gasteiger partial charge in [0.05, 0.1) is 18.4 Å². The first-order chi connectivity index (χ1) is 9.06. The molecular weight excluding hydrogens is 310 g/mol. The summed E-state index contributed by atoms with van der Waals surface area (Å²) in [6.45, 7) is 4.52. The minimum absolute atomic E-state index is 0.229. The monoisotopic (exact) mass is 325 g/mol. The van der Waals surface area contributed by atoms with Gasteiger partial charge in [0.2, 0.25) is 0 Å². The first kappa shape index (κ1) is 14.1. The molecule has 0 aliphatic carbocycles. The Morgan fingerprint density at radius 2 is 2.37 bits per heavy atom. The number of carbonyl (C=O) groups is 1. The lowest BCUT2D eigenvalue weighted by molar-refractivity contribution is -0.131. The molecule has 1 aliphatic rings. The van der Waals surface area contributed by atoms with Crippen molar-refractivity contribution in [3.8, 4) is 0 Å². The van der Waals surface area contributed by atoms with Crippen LogP contribution in [0.3, 0.4) is 0 Å². The van der Waals surface area contributed by atoms with Crippen molar-refractivity contribution in [1.82, 2.24) is 0 Å². The summed E-state index contributed by atoms with van der Waals surface area (Å²) >= 11 is 3.55.